The zero-order valence-corrected chi connectivity index (χ0v) is 11.7. The Bertz CT molecular complexity index is 535. The predicted octanol–water partition coefficient (Wildman–Crippen LogP) is 3.09. The lowest BCUT2D eigenvalue weighted by Gasteiger charge is -2.04. The summed E-state index contributed by atoms with van der Waals surface area (Å²) in [4.78, 5) is 11.6. The topological polar surface area (TPSA) is 59.3 Å². The van der Waals surface area contributed by atoms with Crippen molar-refractivity contribution in [3.05, 3.63) is 39.4 Å². The van der Waals surface area contributed by atoms with Gasteiger partial charge in [0.25, 0.3) is 0 Å². The standard InChI is InChI=1S/C13H11Cl2NO3/c1-18-5-6-19-13(17)10(8-16)7-9-3-2-4-11(14)12(9)15/h2-4,7H,5-6H2,1H3/b10-7+. The van der Waals surface area contributed by atoms with Gasteiger partial charge >= 0.3 is 5.97 Å². The van der Waals surface area contributed by atoms with Gasteiger partial charge in [0.2, 0.25) is 0 Å². The highest BCUT2D eigenvalue weighted by molar-refractivity contribution is 6.42. The Balaban J connectivity index is 2.90. The number of nitrogens with zero attached hydrogens (tertiary/aromatic N) is 1. The number of hydrogen-bond acceptors (Lipinski definition) is 4. The van der Waals surface area contributed by atoms with Gasteiger partial charge in [0.1, 0.15) is 18.2 Å². The summed E-state index contributed by atoms with van der Waals surface area (Å²) in [5, 5.41) is 9.57. The molecule has 0 atom stereocenters. The third-order valence-corrected chi connectivity index (χ3v) is 2.98. The summed E-state index contributed by atoms with van der Waals surface area (Å²) in [7, 11) is 1.49. The molecule has 0 aliphatic heterocycles. The fourth-order valence-corrected chi connectivity index (χ4v) is 1.58. The van der Waals surface area contributed by atoms with E-state index in [1.807, 2.05) is 0 Å². The van der Waals surface area contributed by atoms with Crippen molar-refractivity contribution in [3.8, 4) is 6.07 Å². The lowest BCUT2D eigenvalue weighted by atomic mass is 10.1. The van der Waals surface area contributed by atoms with Gasteiger partial charge in [-0.1, -0.05) is 35.3 Å². The molecule has 0 spiro atoms. The van der Waals surface area contributed by atoms with Crippen molar-refractivity contribution >= 4 is 35.2 Å². The van der Waals surface area contributed by atoms with Crippen LogP contribution in [-0.4, -0.2) is 26.3 Å². The van der Waals surface area contributed by atoms with Crippen LogP contribution >= 0.6 is 23.2 Å². The van der Waals surface area contributed by atoms with Gasteiger partial charge in [0.15, 0.2) is 0 Å². The number of ether oxygens (including phenoxy) is 2. The molecule has 0 aliphatic rings. The molecule has 0 fully saturated rings. The third-order valence-electron chi connectivity index (χ3n) is 2.14. The molecule has 0 saturated carbocycles. The highest BCUT2D eigenvalue weighted by Gasteiger charge is 2.12. The van der Waals surface area contributed by atoms with E-state index in [4.69, 9.17) is 37.9 Å². The van der Waals surface area contributed by atoms with Crippen LogP contribution in [0.1, 0.15) is 5.56 Å². The highest BCUT2D eigenvalue weighted by Crippen LogP contribution is 2.27. The summed E-state index contributed by atoms with van der Waals surface area (Å²) in [5.74, 6) is -0.726. The quantitative estimate of drug-likeness (QED) is 0.363. The van der Waals surface area contributed by atoms with E-state index in [9.17, 15) is 4.79 Å². The van der Waals surface area contributed by atoms with Crippen molar-refractivity contribution in [1.29, 1.82) is 5.26 Å². The lowest BCUT2D eigenvalue weighted by Crippen LogP contribution is -2.11. The largest absolute Gasteiger partial charge is 0.459 e. The number of methoxy groups -OCH3 is 1. The smallest absolute Gasteiger partial charge is 0.348 e. The molecular formula is C13H11Cl2NO3. The van der Waals surface area contributed by atoms with Crippen molar-refractivity contribution in [3.63, 3.8) is 0 Å². The summed E-state index contributed by atoms with van der Waals surface area (Å²) in [6.45, 7) is 0.347. The molecule has 0 heterocycles. The van der Waals surface area contributed by atoms with Crippen molar-refractivity contribution in [1.82, 2.24) is 0 Å². The maximum Gasteiger partial charge on any atom is 0.348 e. The monoisotopic (exact) mass is 299 g/mol. The Morgan fingerprint density at radius 1 is 1.42 bits per heavy atom. The van der Waals surface area contributed by atoms with Gasteiger partial charge in [-0.15, -0.1) is 0 Å². The van der Waals surface area contributed by atoms with Crippen LogP contribution in [0.2, 0.25) is 10.0 Å². The Morgan fingerprint density at radius 2 is 2.16 bits per heavy atom. The average molecular weight is 300 g/mol. The van der Waals surface area contributed by atoms with Gasteiger partial charge in [0.05, 0.1) is 16.7 Å². The van der Waals surface area contributed by atoms with Gasteiger partial charge in [-0.05, 0) is 17.7 Å². The van der Waals surface area contributed by atoms with Crippen LogP contribution in [0.15, 0.2) is 23.8 Å². The molecule has 0 bridgehead atoms. The Hall–Kier alpha value is -1.54. The molecule has 1 aromatic rings. The SMILES string of the molecule is COCCOC(=O)/C(C#N)=C/c1cccc(Cl)c1Cl. The second kappa shape index (κ2) is 7.80. The summed E-state index contributed by atoms with van der Waals surface area (Å²) in [5.41, 5.74) is 0.328. The minimum absolute atomic E-state index is 0.0810. The number of carbonyl (C=O) groups excluding carboxylic acids is 1. The number of carbonyl (C=O) groups is 1. The first-order chi connectivity index (χ1) is 9.10. The van der Waals surface area contributed by atoms with Gasteiger partial charge in [-0.25, -0.2) is 4.79 Å². The molecule has 0 aliphatic carbocycles. The Kier molecular flexibility index (Phi) is 6.37. The second-order valence-electron chi connectivity index (χ2n) is 3.44. The molecule has 6 heteroatoms. The third kappa shape index (κ3) is 4.56. The molecule has 1 aromatic carbocycles. The van der Waals surface area contributed by atoms with E-state index in [1.165, 1.54) is 13.2 Å². The van der Waals surface area contributed by atoms with Crippen LogP contribution in [0.25, 0.3) is 6.08 Å². The van der Waals surface area contributed by atoms with Gasteiger partial charge in [0, 0.05) is 7.11 Å². The maximum absolute atomic E-state index is 11.6. The van der Waals surface area contributed by atoms with Crippen LogP contribution in [0, 0.1) is 11.3 Å². The first kappa shape index (κ1) is 15.5. The van der Waals surface area contributed by atoms with Crippen LogP contribution < -0.4 is 0 Å². The molecule has 4 nitrogen and oxygen atoms in total. The van der Waals surface area contributed by atoms with Crippen LogP contribution in [0.5, 0.6) is 0 Å². The summed E-state index contributed by atoms with van der Waals surface area (Å²) >= 11 is 11.8. The fourth-order valence-electron chi connectivity index (χ4n) is 1.22. The van der Waals surface area contributed by atoms with E-state index >= 15 is 0 Å². The first-order valence-electron chi connectivity index (χ1n) is 5.32. The Morgan fingerprint density at radius 3 is 2.79 bits per heavy atom. The van der Waals surface area contributed by atoms with E-state index in [0.29, 0.717) is 10.6 Å². The number of nitriles is 1. The molecule has 0 unspecified atom stereocenters. The van der Waals surface area contributed by atoms with E-state index in [-0.39, 0.29) is 23.8 Å². The summed E-state index contributed by atoms with van der Waals surface area (Å²) < 4.78 is 9.59. The first-order valence-corrected chi connectivity index (χ1v) is 6.07. The molecule has 0 N–H and O–H groups in total. The molecule has 1 rings (SSSR count). The van der Waals surface area contributed by atoms with Gasteiger partial charge in [-0.3, -0.25) is 0 Å². The lowest BCUT2D eigenvalue weighted by molar-refractivity contribution is -0.139. The van der Waals surface area contributed by atoms with E-state index < -0.39 is 5.97 Å². The summed E-state index contributed by atoms with van der Waals surface area (Å²) in [6.07, 6.45) is 1.34. The van der Waals surface area contributed by atoms with E-state index in [2.05, 4.69) is 0 Å². The minimum Gasteiger partial charge on any atom is -0.459 e. The predicted molar refractivity (Wildman–Crippen MR) is 72.9 cm³/mol. The van der Waals surface area contributed by atoms with Crippen LogP contribution in [0.3, 0.4) is 0 Å². The highest BCUT2D eigenvalue weighted by atomic mass is 35.5. The van der Waals surface area contributed by atoms with Crippen LogP contribution in [0.4, 0.5) is 0 Å². The zero-order chi connectivity index (χ0) is 14.3. The molecule has 0 amide bonds. The fraction of sp³-hybridized carbons (Fsp3) is 0.231. The van der Waals surface area contributed by atoms with Crippen molar-refractivity contribution < 1.29 is 14.3 Å². The average Bonchev–Trinajstić information content (AvgIpc) is 2.40. The molecule has 19 heavy (non-hydrogen) atoms. The normalized spacial score (nSPS) is 10.9. The maximum atomic E-state index is 11.6. The minimum atomic E-state index is -0.726. The zero-order valence-electron chi connectivity index (χ0n) is 10.2. The van der Waals surface area contributed by atoms with Crippen molar-refractivity contribution in [2.24, 2.45) is 0 Å². The van der Waals surface area contributed by atoms with Crippen molar-refractivity contribution in [2.45, 2.75) is 0 Å². The second-order valence-corrected chi connectivity index (χ2v) is 4.23. The number of benzene rings is 1. The van der Waals surface area contributed by atoms with E-state index in [1.54, 1.807) is 24.3 Å². The van der Waals surface area contributed by atoms with Gasteiger partial charge < -0.3 is 9.47 Å². The molecule has 0 saturated heterocycles. The van der Waals surface area contributed by atoms with Crippen molar-refractivity contribution in [2.75, 3.05) is 20.3 Å². The molecule has 0 aromatic heterocycles. The number of halogens is 2. The molecular weight excluding hydrogens is 289 g/mol. The van der Waals surface area contributed by atoms with Gasteiger partial charge in [-0.2, -0.15) is 5.26 Å². The number of rotatable bonds is 5. The molecule has 100 valence electrons. The number of hydrogen-bond donors (Lipinski definition) is 0. The molecule has 0 radical (unpaired) electrons. The van der Waals surface area contributed by atoms with E-state index in [0.717, 1.165) is 0 Å². The Labute approximate surface area is 121 Å². The number of esters is 1. The summed E-state index contributed by atoms with van der Waals surface area (Å²) in [6, 6.07) is 6.70. The van der Waals surface area contributed by atoms with Crippen LogP contribution in [-0.2, 0) is 14.3 Å².